The van der Waals surface area contributed by atoms with Gasteiger partial charge in [-0.05, 0) is 30.7 Å². The number of hydrogen-bond acceptors (Lipinski definition) is 5. The Hall–Kier alpha value is -2.35. The second-order valence-electron chi connectivity index (χ2n) is 5.09. The zero-order valence-corrected chi connectivity index (χ0v) is 13.0. The molecule has 1 aromatic carbocycles. The van der Waals surface area contributed by atoms with Crippen LogP contribution in [0.2, 0.25) is 0 Å². The van der Waals surface area contributed by atoms with E-state index in [9.17, 15) is 9.59 Å². The first-order chi connectivity index (χ1) is 10.6. The minimum atomic E-state index is -0.436. The molecular formula is C17H21NO4. The van der Waals surface area contributed by atoms with E-state index in [-0.39, 0.29) is 12.5 Å². The molecule has 22 heavy (non-hydrogen) atoms. The maximum absolute atomic E-state index is 11.9. The molecule has 0 bridgehead atoms. The van der Waals surface area contributed by atoms with Crippen molar-refractivity contribution >= 4 is 11.9 Å². The molecule has 0 amide bonds. The largest absolute Gasteiger partial charge is 0.462 e. The third kappa shape index (κ3) is 6.40. The molecule has 1 aromatic rings. The zero-order chi connectivity index (χ0) is 16.4. The lowest BCUT2D eigenvalue weighted by Gasteiger charge is -2.13. The summed E-state index contributed by atoms with van der Waals surface area (Å²) in [7, 11) is 0. The van der Waals surface area contributed by atoms with Crippen LogP contribution in [0.1, 0.15) is 49.9 Å². The molecule has 0 saturated heterocycles. The minimum absolute atomic E-state index is 0.0780. The summed E-state index contributed by atoms with van der Waals surface area (Å²) in [6.45, 7) is 3.64. The fourth-order valence-corrected chi connectivity index (χ4v) is 1.97. The van der Waals surface area contributed by atoms with Gasteiger partial charge in [0.25, 0.3) is 0 Å². The highest BCUT2D eigenvalue weighted by Gasteiger charge is 2.13. The fraction of sp³-hybridized carbons (Fsp3) is 0.471. The molecule has 0 aliphatic rings. The SMILES string of the molecule is CCCCC(CC#N)COC(=O)c1ccc(OC(C)=O)cc1. The van der Waals surface area contributed by atoms with Crippen molar-refractivity contribution in [2.75, 3.05) is 6.61 Å². The third-order valence-electron chi connectivity index (χ3n) is 3.15. The molecule has 1 unspecified atom stereocenters. The van der Waals surface area contributed by atoms with Gasteiger partial charge in [0.15, 0.2) is 0 Å². The molecule has 5 heteroatoms. The van der Waals surface area contributed by atoms with Gasteiger partial charge in [-0.15, -0.1) is 0 Å². The Bertz CT molecular complexity index is 531. The average molecular weight is 303 g/mol. The van der Waals surface area contributed by atoms with Crippen molar-refractivity contribution in [3.05, 3.63) is 29.8 Å². The summed E-state index contributed by atoms with van der Waals surface area (Å²) in [6.07, 6.45) is 3.33. The molecule has 0 radical (unpaired) electrons. The standard InChI is InChI=1S/C17H21NO4/c1-3-4-5-14(10-11-18)12-21-17(20)15-6-8-16(9-7-15)22-13(2)19/h6-9,14H,3-5,10,12H2,1-2H3. The van der Waals surface area contributed by atoms with E-state index in [1.54, 1.807) is 24.3 Å². The molecule has 0 spiro atoms. The summed E-state index contributed by atoms with van der Waals surface area (Å²) >= 11 is 0. The van der Waals surface area contributed by atoms with Crippen molar-refractivity contribution in [2.24, 2.45) is 5.92 Å². The van der Waals surface area contributed by atoms with Crippen LogP contribution >= 0.6 is 0 Å². The molecule has 0 heterocycles. The van der Waals surface area contributed by atoms with E-state index in [0.29, 0.717) is 17.7 Å². The van der Waals surface area contributed by atoms with E-state index < -0.39 is 11.9 Å². The molecule has 0 saturated carbocycles. The van der Waals surface area contributed by atoms with E-state index in [1.807, 2.05) is 0 Å². The first-order valence-electron chi connectivity index (χ1n) is 7.39. The lowest BCUT2D eigenvalue weighted by atomic mass is 10.0. The lowest BCUT2D eigenvalue weighted by Crippen LogP contribution is -2.14. The quantitative estimate of drug-likeness (QED) is 0.542. The Balaban J connectivity index is 2.53. The average Bonchev–Trinajstić information content (AvgIpc) is 2.50. The van der Waals surface area contributed by atoms with Crippen LogP contribution in [0, 0.1) is 17.2 Å². The number of ether oxygens (including phenoxy) is 2. The monoisotopic (exact) mass is 303 g/mol. The summed E-state index contributed by atoms with van der Waals surface area (Å²) in [5, 5.41) is 8.79. The molecule has 5 nitrogen and oxygen atoms in total. The van der Waals surface area contributed by atoms with Crippen molar-refractivity contribution in [1.29, 1.82) is 5.26 Å². The van der Waals surface area contributed by atoms with Crippen molar-refractivity contribution in [3.8, 4) is 11.8 Å². The van der Waals surface area contributed by atoms with Crippen LogP contribution in [0.4, 0.5) is 0 Å². The highest BCUT2D eigenvalue weighted by molar-refractivity contribution is 5.89. The second-order valence-corrected chi connectivity index (χ2v) is 5.09. The van der Waals surface area contributed by atoms with E-state index in [2.05, 4.69) is 13.0 Å². The summed E-state index contributed by atoms with van der Waals surface area (Å²) in [5.74, 6) is -0.386. The molecule has 0 N–H and O–H groups in total. The summed E-state index contributed by atoms with van der Waals surface area (Å²) in [6, 6.07) is 8.31. The Morgan fingerprint density at radius 1 is 1.27 bits per heavy atom. The van der Waals surface area contributed by atoms with Gasteiger partial charge in [0.1, 0.15) is 5.75 Å². The molecule has 1 rings (SSSR count). The van der Waals surface area contributed by atoms with E-state index >= 15 is 0 Å². The fourth-order valence-electron chi connectivity index (χ4n) is 1.97. The Labute approximate surface area is 130 Å². The Kier molecular flexibility index (Phi) is 7.69. The van der Waals surface area contributed by atoms with Crippen LogP contribution in [0.3, 0.4) is 0 Å². The van der Waals surface area contributed by atoms with Gasteiger partial charge in [-0.25, -0.2) is 4.79 Å². The number of rotatable bonds is 8. The van der Waals surface area contributed by atoms with Gasteiger partial charge < -0.3 is 9.47 Å². The highest BCUT2D eigenvalue weighted by Crippen LogP contribution is 2.16. The molecule has 0 fully saturated rings. The van der Waals surface area contributed by atoms with Crippen LogP contribution in [-0.2, 0) is 9.53 Å². The van der Waals surface area contributed by atoms with E-state index in [4.69, 9.17) is 14.7 Å². The molecule has 118 valence electrons. The van der Waals surface area contributed by atoms with E-state index in [0.717, 1.165) is 19.3 Å². The van der Waals surface area contributed by atoms with Crippen LogP contribution < -0.4 is 4.74 Å². The number of carbonyl (C=O) groups excluding carboxylic acids is 2. The molecule has 0 aliphatic heterocycles. The van der Waals surface area contributed by atoms with Gasteiger partial charge in [-0.3, -0.25) is 4.79 Å². The van der Waals surface area contributed by atoms with Crippen molar-refractivity contribution in [3.63, 3.8) is 0 Å². The minimum Gasteiger partial charge on any atom is -0.462 e. The lowest BCUT2D eigenvalue weighted by molar-refractivity contribution is -0.131. The Morgan fingerprint density at radius 3 is 2.50 bits per heavy atom. The van der Waals surface area contributed by atoms with Gasteiger partial charge in [0, 0.05) is 19.3 Å². The normalized spacial score (nSPS) is 11.3. The first kappa shape index (κ1) is 17.7. The maximum Gasteiger partial charge on any atom is 0.338 e. The van der Waals surface area contributed by atoms with E-state index in [1.165, 1.54) is 6.92 Å². The number of benzene rings is 1. The van der Waals surface area contributed by atoms with Crippen molar-refractivity contribution < 1.29 is 19.1 Å². The van der Waals surface area contributed by atoms with Gasteiger partial charge in [0.2, 0.25) is 0 Å². The summed E-state index contributed by atoms with van der Waals surface area (Å²) < 4.78 is 10.2. The molecule has 0 aromatic heterocycles. The Morgan fingerprint density at radius 2 is 1.95 bits per heavy atom. The maximum atomic E-state index is 11.9. The number of carbonyl (C=O) groups is 2. The summed E-state index contributed by atoms with van der Waals surface area (Å²) in [5.41, 5.74) is 0.391. The molecular weight excluding hydrogens is 282 g/mol. The second kappa shape index (κ2) is 9.56. The predicted molar refractivity (Wildman–Crippen MR) is 81.3 cm³/mol. The van der Waals surface area contributed by atoms with Crippen molar-refractivity contribution in [2.45, 2.75) is 39.5 Å². The third-order valence-corrected chi connectivity index (χ3v) is 3.15. The molecule has 1 atom stereocenters. The van der Waals surface area contributed by atoms with Crippen LogP contribution in [0.5, 0.6) is 5.75 Å². The van der Waals surface area contributed by atoms with Crippen molar-refractivity contribution in [1.82, 2.24) is 0 Å². The highest BCUT2D eigenvalue weighted by atomic mass is 16.5. The predicted octanol–water partition coefficient (Wildman–Crippen LogP) is 3.49. The van der Waals surface area contributed by atoms with Gasteiger partial charge in [-0.2, -0.15) is 5.26 Å². The molecule has 0 aliphatic carbocycles. The smallest absolute Gasteiger partial charge is 0.338 e. The van der Waals surface area contributed by atoms with Gasteiger partial charge in [-0.1, -0.05) is 19.8 Å². The number of nitrogens with zero attached hydrogens (tertiary/aromatic N) is 1. The van der Waals surface area contributed by atoms with Gasteiger partial charge >= 0.3 is 11.9 Å². The zero-order valence-electron chi connectivity index (χ0n) is 13.0. The first-order valence-corrected chi connectivity index (χ1v) is 7.39. The van der Waals surface area contributed by atoms with Gasteiger partial charge in [0.05, 0.1) is 18.2 Å². The topological polar surface area (TPSA) is 76.4 Å². The van der Waals surface area contributed by atoms with Crippen LogP contribution in [0.15, 0.2) is 24.3 Å². The number of nitriles is 1. The summed E-state index contributed by atoms with van der Waals surface area (Å²) in [4.78, 5) is 22.8. The number of unbranched alkanes of at least 4 members (excludes halogenated alkanes) is 1. The number of hydrogen-bond donors (Lipinski definition) is 0. The van der Waals surface area contributed by atoms with Crippen LogP contribution in [-0.4, -0.2) is 18.5 Å². The van der Waals surface area contributed by atoms with Crippen LogP contribution in [0.25, 0.3) is 0 Å². The number of esters is 2.